The molecule has 3 aromatic rings. The lowest BCUT2D eigenvalue weighted by atomic mass is 10.1. The molecule has 0 atom stereocenters. The van der Waals surface area contributed by atoms with Gasteiger partial charge >= 0.3 is 0 Å². The lowest BCUT2D eigenvalue weighted by Crippen LogP contribution is -2.20. The second-order valence-corrected chi connectivity index (χ2v) is 8.23. The number of rotatable bonds is 6. The van der Waals surface area contributed by atoms with Gasteiger partial charge in [0, 0.05) is 35.5 Å². The first-order valence-electron chi connectivity index (χ1n) is 10.1. The Labute approximate surface area is 183 Å². The molecule has 0 amide bonds. The highest BCUT2D eigenvalue weighted by Gasteiger charge is 2.13. The van der Waals surface area contributed by atoms with Gasteiger partial charge in [-0.2, -0.15) is 0 Å². The van der Waals surface area contributed by atoms with Gasteiger partial charge in [-0.05, 0) is 41.5 Å². The zero-order chi connectivity index (χ0) is 20.8. The van der Waals surface area contributed by atoms with Gasteiger partial charge in [-0.3, -0.25) is 4.99 Å². The van der Waals surface area contributed by atoms with Gasteiger partial charge in [0.15, 0.2) is 0 Å². The van der Waals surface area contributed by atoms with Gasteiger partial charge < -0.3 is 9.64 Å². The van der Waals surface area contributed by atoms with Crippen molar-refractivity contribution in [2.45, 2.75) is 10.6 Å². The topological polar surface area (TPSA) is 24.8 Å². The maximum absolute atomic E-state index is 5.25. The number of allylic oxidation sites excluding steroid dienone is 1. The zero-order valence-electron chi connectivity index (χ0n) is 17.4. The normalized spacial score (nSPS) is 13.7. The molecule has 0 aromatic heterocycles. The van der Waals surface area contributed by atoms with Crippen LogP contribution in [0, 0.1) is 0 Å². The highest BCUT2D eigenvalue weighted by molar-refractivity contribution is 7.98. The molecule has 4 heteroatoms. The minimum atomic E-state index is 0.804. The van der Waals surface area contributed by atoms with E-state index < -0.39 is 0 Å². The van der Waals surface area contributed by atoms with Crippen molar-refractivity contribution >= 4 is 29.2 Å². The number of methoxy groups -OCH3 is 1. The largest absolute Gasteiger partial charge is 0.497 e. The van der Waals surface area contributed by atoms with E-state index in [9.17, 15) is 0 Å². The van der Waals surface area contributed by atoms with Crippen LogP contribution in [0.25, 0.3) is 6.08 Å². The number of anilines is 1. The van der Waals surface area contributed by atoms with Crippen molar-refractivity contribution < 1.29 is 4.74 Å². The van der Waals surface area contributed by atoms with Crippen LogP contribution in [0.5, 0.6) is 5.75 Å². The summed E-state index contributed by atoms with van der Waals surface area (Å²) in [6.45, 7) is 1.74. The maximum atomic E-state index is 5.25. The average molecular weight is 415 g/mol. The third-order valence-electron chi connectivity index (χ3n) is 5.20. The lowest BCUT2D eigenvalue weighted by molar-refractivity contribution is 0.414. The van der Waals surface area contributed by atoms with E-state index in [1.165, 1.54) is 27.3 Å². The van der Waals surface area contributed by atoms with Crippen LogP contribution in [0.4, 0.5) is 5.69 Å². The predicted molar refractivity (Wildman–Crippen MR) is 129 cm³/mol. The zero-order valence-corrected chi connectivity index (χ0v) is 18.2. The van der Waals surface area contributed by atoms with Crippen molar-refractivity contribution in [3.63, 3.8) is 0 Å². The van der Waals surface area contributed by atoms with Crippen LogP contribution < -0.4 is 9.64 Å². The first-order chi connectivity index (χ1) is 14.7. The second-order valence-electron chi connectivity index (χ2n) is 7.21. The Bertz CT molecular complexity index is 1060. The summed E-state index contributed by atoms with van der Waals surface area (Å²) in [5.41, 5.74) is 5.97. The number of aliphatic imine (C=N–C) groups is 1. The molecule has 3 aromatic carbocycles. The van der Waals surface area contributed by atoms with E-state index in [1.54, 1.807) is 7.11 Å². The van der Waals surface area contributed by atoms with Crippen molar-refractivity contribution in [3.8, 4) is 5.75 Å². The number of thioether (sulfide) groups is 1. The van der Waals surface area contributed by atoms with Gasteiger partial charge in [-0.1, -0.05) is 54.6 Å². The van der Waals surface area contributed by atoms with Crippen molar-refractivity contribution in [1.82, 2.24) is 0 Å². The fraction of sp³-hybridized carbons (Fsp3) is 0.192. The number of fused-ring (bicyclic) bond motifs is 1. The summed E-state index contributed by atoms with van der Waals surface area (Å²) in [5, 5.41) is 0. The number of nitrogens with zero attached hydrogens (tertiary/aromatic N) is 2. The van der Waals surface area contributed by atoms with E-state index in [-0.39, 0.29) is 0 Å². The summed E-state index contributed by atoms with van der Waals surface area (Å²) in [6.07, 6.45) is 4.35. The third-order valence-corrected chi connectivity index (χ3v) is 6.36. The van der Waals surface area contributed by atoms with E-state index in [1.807, 2.05) is 23.9 Å². The molecule has 0 N–H and O–H groups in total. The van der Waals surface area contributed by atoms with Crippen molar-refractivity contribution in [2.75, 3.05) is 32.1 Å². The van der Waals surface area contributed by atoms with E-state index in [4.69, 9.17) is 9.73 Å². The smallest absolute Gasteiger partial charge is 0.118 e. The third kappa shape index (κ3) is 4.77. The van der Waals surface area contributed by atoms with E-state index in [0.717, 1.165) is 30.3 Å². The Morgan fingerprint density at radius 1 is 0.967 bits per heavy atom. The summed E-state index contributed by atoms with van der Waals surface area (Å²) in [7, 11) is 3.83. The van der Waals surface area contributed by atoms with Crippen LogP contribution in [-0.2, 0) is 5.75 Å². The first-order valence-corrected chi connectivity index (χ1v) is 11.1. The van der Waals surface area contributed by atoms with Gasteiger partial charge in [0.2, 0.25) is 0 Å². The molecular weight excluding hydrogens is 388 g/mol. The fourth-order valence-electron chi connectivity index (χ4n) is 3.49. The van der Waals surface area contributed by atoms with E-state index in [2.05, 4.69) is 84.8 Å². The Morgan fingerprint density at radius 2 is 1.73 bits per heavy atom. The number of hydrogen-bond acceptors (Lipinski definition) is 4. The van der Waals surface area contributed by atoms with Crippen molar-refractivity contribution in [2.24, 2.45) is 4.99 Å². The molecule has 0 aliphatic carbocycles. The fourth-order valence-corrected chi connectivity index (χ4v) is 4.49. The van der Waals surface area contributed by atoms with Gasteiger partial charge in [0.1, 0.15) is 5.75 Å². The van der Waals surface area contributed by atoms with Crippen molar-refractivity contribution in [3.05, 3.63) is 95.6 Å². The molecule has 0 bridgehead atoms. The molecule has 0 saturated heterocycles. The number of para-hydroxylation sites is 1. The molecule has 0 radical (unpaired) electrons. The monoisotopic (exact) mass is 414 g/mol. The quantitative estimate of drug-likeness (QED) is 0.467. The molecule has 1 heterocycles. The molecule has 1 aliphatic heterocycles. The Kier molecular flexibility index (Phi) is 6.55. The SMILES string of the molecule is COc1ccc(CSc2ccccc2/C=C/C2=NCCN(C)c3ccccc32)cc1. The lowest BCUT2D eigenvalue weighted by Gasteiger charge is -2.18. The minimum Gasteiger partial charge on any atom is -0.497 e. The van der Waals surface area contributed by atoms with E-state index >= 15 is 0 Å². The van der Waals surface area contributed by atoms with Gasteiger partial charge in [-0.25, -0.2) is 0 Å². The molecule has 152 valence electrons. The molecule has 0 fully saturated rings. The molecule has 0 saturated carbocycles. The number of likely N-dealkylation sites (N-methyl/N-ethyl adjacent to an activating group) is 1. The predicted octanol–water partition coefficient (Wildman–Crippen LogP) is 5.94. The molecule has 0 unspecified atom stereocenters. The number of ether oxygens (including phenoxy) is 1. The van der Waals surface area contributed by atoms with Crippen LogP contribution in [0.3, 0.4) is 0 Å². The minimum absolute atomic E-state index is 0.804. The second kappa shape index (κ2) is 9.68. The Morgan fingerprint density at radius 3 is 2.57 bits per heavy atom. The van der Waals surface area contributed by atoms with Crippen LogP contribution in [0.1, 0.15) is 16.7 Å². The standard InChI is InChI=1S/C26H26N2OS/c1-28-18-17-27-24(23-8-4-5-9-25(23)28)16-13-21-7-3-6-10-26(21)30-19-20-11-14-22(29-2)15-12-20/h3-16H,17-19H2,1-2H3/b16-13+. The summed E-state index contributed by atoms with van der Waals surface area (Å²) >= 11 is 1.85. The van der Waals surface area contributed by atoms with Gasteiger partial charge in [-0.15, -0.1) is 11.8 Å². The van der Waals surface area contributed by atoms with Crippen molar-refractivity contribution in [1.29, 1.82) is 0 Å². The summed E-state index contributed by atoms with van der Waals surface area (Å²) in [4.78, 5) is 8.38. The molecular formula is C26H26N2OS. The summed E-state index contributed by atoms with van der Waals surface area (Å²) in [6, 6.07) is 25.3. The highest BCUT2D eigenvalue weighted by atomic mass is 32.2. The van der Waals surface area contributed by atoms with Gasteiger partial charge in [0.25, 0.3) is 0 Å². The molecule has 30 heavy (non-hydrogen) atoms. The molecule has 3 nitrogen and oxygen atoms in total. The van der Waals surface area contributed by atoms with Gasteiger partial charge in [0.05, 0.1) is 19.4 Å². The Hall–Kier alpha value is -2.98. The van der Waals surface area contributed by atoms with Crippen LogP contribution in [-0.4, -0.2) is 33.0 Å². The molecule has 4 rings (SSSR count). The van der Waals surface area contributed by atoms with Crippen LogP contribution >= 0.6 is 11.8 Å². The average Bonchev–Trinajstić information content (AvgIpc) is 2.96. The summed E-state index contributed by atoms with van der Waals surface area (Å²) in [5.74, 6) is 1.81. The highest BCUT2D eigenvalue weighted by Crippen LogP contribution is 2.29. The van der Waals surface area contributed by atoms with Crippen LogP contribution in [0.2, 0.25) is 0 Å². The number of benzodiazepines with no additional fused rings is 1. The number of benzene rings is 3. The summed E-state index contributed by atoms with van der Waals surface area (Å²) < 4.78 is 5.25. The Balaban J connectivity index is 1.53. The maximum Gasteiger partial charge on any atom is 0.118 e. The number of hydrogen-bond donors (Lipinski definition) is 0. The molecule has 0 spiro atoms. The first kappa shape index (κ1) is 20.3. The van der Waals surface area contributed by atoms with Crippen LogP contribution in [0.15, 0.2) is 88.8 Å². The molecule has 1 aliphatic rings. The van der Waals surface area contributed by atoms with E-state index in [0.29, 0.717) is 0 Å².